The fourth-order valence-electron chi connectivity index (χ4n) is 3.34. The maximum atomic E-state index is 5.84. The van der Waals surface area contributed by atoms with Gasteiger partial charge in [-0.05, 0) is 52.8 Å². The number of unbranched alkanes of at least 4 members (excludes halogenated alkanes) is 1. The van der Waals surface area contributed by atoms with Gasteiger partial charge in [0.2, 0.25) is 0 Å². The van der Waals surface area contributed by atoms with Gasteiger partial charge in [0.15, 0.2) is 0 Å². The van der Waals surface area contributed by atoms with Gasteiger partial charge in [-0.15, -0.1) is 0 Å². The molecule has 27 heavy (non-hydrogen) atoms. The van der Waals surface area contributed by atoms with E-state index in [0.717, 1.165) is 31.6 Å². The second-order valence-corrected chi connectivity index (χ2v) is 6.67. The summed E-state index contributed by atoms with van der Waals surface area (Å²) in [6, 6.07) is 29.9. The molecule has 0 aliphatic heterocycles. The van der Waals surface area contributed by atoms with Crippen LogP contribution in [0.2, 0.25) is 0 Å². The molecule has 0 amide bonds. The average Bonchev–Trinajstić information content (AvgIpc) is 2.74. The summed E-state index contributed by atoms with van der Waals surface area (Å²) in [6.07, 6.45) is 3.21. The SMILES string of the molecule is CCCCOc1ccc(/C(=C(/CC)c2ccccc2)c2ccccc2)cc1. The van der Waals surface area contributed by atoms with E-state index in [2.05, 4.69) is 98.8 Å². The van der Waals surface area contributed by atoms with Gasteiger partial charge in [0.05, 0.1) is 6.61 Å². The van der Waals surface area contributed by atoms with Gasteiger partial charge in [0.1, 0.15) is 5.75 Å². The molecule has 0 unspecified atom stereocenters. The molecule has 0 bridgehead atoms. The van der Waals surface area contributed by atoms with Gasteiger partial charge < -0.3 is 4.74 Å². The van der Waals surface area contributed by atoms with E-state index in [4.69, 9.17) is 4.74 Å². The van der Waals surface area contributed by atoms with E-state index in [1.165, 1.54) is 27.8 Å². The molecular weight excluding hydrogens is 328 g/mol. The lowest BCUT2D eigenvalue weighted by Crippen LogP contribution is -1.98. The van der Waals surface area contributed by atoms with Gasteiger partial charge in [-0.1, -0.05) is 93.1 Å². The lowest BCUT2D eigenvalue weighted by molar-refractivity contribution is 0.309. The molecular formula is C26H28O. The summed E-state index contributed by atoms with van der Waals surface area (Å²) in [5.74, 6) is 0.942. The molecule has 0 atom stereocenters. The van der Waals surface area contributed by atoms with Gasteiger partial charge in [0, 0.05) is 0 Å². The molecule has 0 heterocycles. The van der Waals surface area contributed by atoms with Crippen molar-refractivity contribution in [3.63, 3.8) is 0 Å². The lowest BCUT2D eigenvalue weighted by atomic mass is 9.88. The molecule has 1 nitrogen and oxygen atoms in total. The summed E-state index contributed by atoms with van der Waals surface area (Å²) in [4.78, 5) is 0. The Balaban J connectivity index is 2.04. The van der Waals surface area contributed by atoms with Crippen LogP contribution in [0, 0.1) is 0 Å². The van der Waals surface area contributed by atoms with Crippen molar-refractivity contribution in [2.24, 2.45) is 0 Å². The zero-order valence-electron chi connectivity index (χ0n) is 16.3. The number of ether oxygens (including phenoxy) is 1. The summed E-state index contributed by atoms with van der Waals surface area (Å²) >= 11 is 0. The molecule has 0 fully saturated rings. The molecule has 0 saturated heterocycles. The quantitative estimate of drug-likeness (QED) is 0.305. The maximum Gasteiger partial charge on any atom is 0.119 e. The molecule has 0 aromatic heterocycles. The predicted octanol–water partition coefficient (Wildman–Crippen LogP) is 7.23. The summed E-state index contributed by atoms with van der Waals surface area (Å²) in [5, 5.41) is 0. The van der Waals surface area contributed by atoms with Gasteiger partial charge >= 0.3 is 0 Å². The van der Waals surface area contributed by atoms with Crippen molar-refractivity contribution in [3.05, 3.63) is 102 Å². The maximum absolute atomic E-state index is 5.84. The van der Waals surface area contributed by atoms with Crippen LogP contribution in [-0.2, 0) is 0 Å². The van der Waals surface area contributed by atoms with E-state index in [0.29, 0.717) is 0 Å². The number of hydrogen-bond acceptors (Lipinski definition) is 1. The van der Waals surface area contributed by atoms with Crippen LogP contribution in [0.25, 0.3) is 11.1 Å². The van der Waals surface area contributed by atoms with Crippen LogP contribution in [0.15, 0.2) is 84.9 Å². The predicted molar refractivity (Wildman–Crippen MR) is 116 cm³/mol. The number of allylic oxidation sites excluding steroid dienone is 1. The largest absolute Gasteiger partial charge is 0.494 e. The second-order valence-electron chi connectivity index (χ2n) is 6.67. The summed E-state index contributed by atoms with van der Waals surface area (Å²) in [7, 11) is 0. The third-order valence-electron chi connectivity index (χ3n) is 4.75. The fraction of sp³-hybridized carbons (Fsp3) is 0.231. The van der Waals surface area contributed by atoms with E-state index in [9.17, 15) is 0 Å². The first-order valence-corrected chi connectivity index (χ1v) is 9.90. The molecule has 0 spiro atoms. The molecule has 3 aromatic rings. The molecule has 3 rings (SSSR count). The minimum atomic E-state index is 0.779. The highest BCUT2D eigenvalue weighted by molar-refractivity contribution is 5.98. The second kappa shape index (κ2) is 9.78. The normalized spacial score (nSPS) is 11.8. The first-order valence-electron chi connectivity index (χ1n) is 9.90. The lowest BCUT2D eigenvalue weighted by Gasteiger charge is -2.17. The molecule has 0 aliphatic rings. The van der Waals surface area contributed by atoms with Crippen molar-refractivity contribution in [1.82, 2.24) is 0 Å². The van der Waals surface area contributed by atoms with Crippen LogP contribution in [-0.4, -0.2) is 6.61 Å². The molecule has 3 aromatic carbocycles. The van der Waals surface area contributed by atoms with Crippen molar-refractivity contribution in [3.8, 4) is 5.75 Å². The molecule has 0 aliphatic carbocycles. The Hall–Kier alpha value is -2.80. The van der Waals surface area contributed by atoms with Crippen molar-refractivity contribution in [2.75, 3.05) is 6.61 Å². The van der Waals surface area contributed by atoms with Crippen molar-refractivity contribution in [1.29, 1.82) is 0 Å². The monoisotopic (exact) mass is 356 g/mol. The van der Waals surface area contributed by atoms with Crippen LogP contribution in [0.1, 0.15) is 49.8 Å². The third-order valence-corrected chi connectivity index (χ3v) is 4.75. The fourth-order valence-corrected chi connectivity index (χ4v) is 3.34. The molecule has 0 saturated carbocycles. The van der Waals surface area contributed by atoms with Gasteiger partial charge in [0.25, 0.3) is 0 Å². The molecule has 0 N–H and O–H groups in total. The Labute approximate surface area is 163 Å². The molecule has 138 valence electrons. The van der Waals surface area contributed by atoms with E-state index >= 15 is 0 Å². The first-order chi connectivity index (χ1) is 13.3. The van der Waals surface area contributed by atoms with E-state index in [1.807, 2.05) is 0 Å². The minimum absolute atomic E-state index is 0.779. The average molecular weight is 357 g/mol. The topological polar surface area (TPSA) is 9.23 Å². The third kappa shape index (κ3) is 4.89. The van der Waals surface area contributed by atoms with E-state index < -0.39 is 0 Å². The Kier molecular flexibility index (Phi) is 6.87. The molecule has 0 radical (unpaired) electrons. The summed E-state index contributed by atoms with van der Waals surface area (Å²) < 4.78 is 5.84. The van der Waals surface area contributed by atoms with Gasteiger partial charge in [-0.25, -0.2) is 0 Å². The Morgan fingerprint density at radius 3 is 1.78 bits per heavy atom. The van der Waals surface area contributed by atoms with Crippen molar-refractivity contribution >= 4 is 11.1 Å². The minimum Gasteiger partial charge on any atom is -0.494 e. The highest BCUT2D eigenvalue weighted by Gasteiger charge is 2.12. The van der Waals surface area contributed by atoms with Crippen molar-refractivity contribution < 1.29 is 4.74 Å². The Morgan fingerprint density at radius 2 is 1.22 bits per heavy atom. The summed E-state index contributed by atoms with van der Waals surface area (Å²) in [5.41, 5.74) is 6.41. The van der Waals surface area contributed by atoms with Gasteiger partial charge in [-0.3, -0.25) is 0 Å². The number of rotatable bonds is 8. The van der Waals surface area contributed by atoms with Crippen LogP contribution in [0.5, 0.6) is 5.75 Å². The van der Waals surface area contributed by atoms with Gasteiger partial charge in [-0.2, -0.15) is 0 Å². The van der Waals surface area contributed by atoms with Crippen LogP contribution in [0.4, 0.5) is 0 Å². The Bertz CT molecular complexity index is 846. The highest BCUT2D eigenvalue weighted by Crippen LogP contribution is 2.34. The Morgan fingerprint density at radius 1 is 0.667 bits per heavy atom. The smallest absolute Gasteiger partial charge is 0.119 e. The number of hydrogen-bond donors (Lipinski definition) is 0. The summed E-state index contributed by atoms with van der Waals surface area (Å²) in [6.45, 7) is 5.19. The zero-order valence-corrected chi connectivity index (χ0v) is 16.3. The molecule has 1 heteroatoms. The number of benzene rings is 3. The highest BCUT2D eigenvalue weighted by atomic mass is 16.5. The van der Waals surface area contributed by atoms with E-state index in [-0.39, 0.29) is 0 Å². The van der Waals surface area contributed by atoms with Crippen LogP contribution in [0.3, 0.4) is 0 Å². The standard InChI is InChI=1S/C26H28O/c1-3-5-20-27-24-18-16-23(17-19-24)26(22-14-10-7-11-15-22)25(4-2)21-12-8-6-9-13-21/h6-19H,3-5,20H2,1-2H3/b26-25-. The van der Waals surface area contributed by atoms with Crippen molar-refractivity contribution in [2.45, 2.75) is 33.1 Å². The zero-order chi connectivity index (χ0) is 18.9. The first kappa shape index (κ1) is 19.0. The van der Waals surface area contributed by atoms with Crippen LogP contribution >= 0.6 is 0 Å². The van der Waals surface area contributed by atoms with Crippen LogP contribution < -0.4 is 4.74 Å². The van der Waals surface area contributed by atoms with E-state index in [1.54, 1.807) is 0 Å².